The van der Waals surface area contributed by atoms with Crippen molar-refractivity contribution in [3.63, 3.8) is 0 Å². The Labute approximate surface area is 133 Å². The second-order valence-corrected chi connectivity index (χ2v) is 6.81. The van der Waals surface area contributed by atoms with Crippen LogP contribution in [0.5, 0.6) is 11.5 Å². The van der Waals surface area contributed by atoms with Gasteiger partial charge in [-0.25, -0.2) is 4.57 Å². The molecule has 0 amide bonds. The third-order valence-electron chi connectivity index (χ3n) is 3.50. The Kier molecular flexibility index (Phi) is 5.68. The Morgan fingerprint density at radius 2 is 1.00 bits per heavy atom. The Morgan fingerprint density at radius 1 is 0.682 bits per heavy atom. The van der Waals surface area contributed by atoms with Crippen molar-refractivity contribution in [3.8, 4) is 11.5 Å². The first-order valence-electron chi connectivity index (χ1n) is 7.55. The zero-order valence-corrected chi connectivity index (χ0v) is 14.5. The summed E-state index contributed by atoms with van der Waals surface area (Å²) in [6.45, 7) is 8.51. The van der Waals surface area contributed by atoms with E-state index in [-0.39, 0.29) is 0 Å². The first-order valence-corrected chi connectivity index (χ1v) is 8.77. The van der Waals surface area contributed by atoms with Crippen LogP contribution in [-0.2, 0) is 4.57 Å². The minimum absolute atomic E-state index is 0.460. The number of hydrogen-bond donors (Lipinski definition) is 0. The third kappa shape index (κ3) is 4.64. The van der Waals surface area contributed by atoms with E-state index in [2.05, 4.69) is 27.7 Å². The predicted octanol–water partition coefficient (Wildman–Crippen LogP) is 5.78. The molecule has 0 heterocycles. The van der Waals surface area contributed by atoms with Crippen LogP contribution in [0.4, 0.5) is 0 Å². The molecule has 0 saturated carbocycles. The lowest BCUT2D eigenvalue weighted by molar-refractivity contribution is 0.415. The molecular weight excluding hydrogens is 295 g/mol. The largest absolute Gasteiger partial charge is 0.418 e. The monoisotopic (exact) mass is 318 g/mol. The van der Waals surface area contributed by atoms with Crippen LogP contribution in [0.1, 0.15) is 50.7 Å². The summed E-state index contributed by atoms with van der Waals surface area (Å²) in [6, 6.07) is 15.2. The molecule has 0 spiro atoms. The molecule has 2 rings (SSSR count). The zero-order valence-electron chi connectivity index (χ0n) is 13.5. The summed E-state index contributed by atoms with van der Waals surface area (Å²) < 4.78 is 22.7. The van der Waals surface area contributed by atoms with Crippen molar-refractivity contribution in [1.82, 2.24) is 0 Å². The quantitative estimate of drug-likeness (QED) is 0.633. The number of benzene rings is 2. The molecule has 4 heteroatoms. The van der Waals surface area contributed by atoms with E-state index in [1.807, 2.05) is 48.5 Å². The fourth-order valence-electron chi connectivity index (χ4n) is 2.05. The minimum atomic E-state index is -2.61. The van der Waals surface area contributed by atoms with Gasteiger partial charge in [-0.2, -0.15) is 0 Å². The fourth-order valence-corrected chi connectivity index (χ4v) is 2.75. The summed E-state index contributed by atoms with van der Waals surface area (Å²) in [5.74, 6) is 2.04. The molecular formula is C18H23O3P. The highest BCUT2D eigenvalue weighted by Crippen LogP contribution is 2.31. The van der Waals surface area contributed by atoms with Gasteiger partial charge in [0.1, 0.15) is 11.5 Å². The summed E-state index contributed by atoms with van der Waals surface area (Å²) in [4.78, 5) is 0. The van der Waals surface area contributed by atoms with E-state index in [0.717, 1.165) is 0 Å². The van der Waals surface area contributed by atoms with Gasteiger partial charge in [0.05, 0.1) is 0 Å². The number of rotatable bonds is 6. The van der Waals surface area contributed by atoms with Crippen LogP contribution >= 0.6 is 8.25 Å². The minimum Gasteiger partial charge on any atom is -0.418 e. The molecule has 0 aromatic heterocycles. The van der Waals surface area contributed by atoms with Crippen molar-refractivity contribution in [2.24, 2.45) is 0 Å². The van der Waals surface area contributed by atoms with Crippen molar-refractivity contribution in [2.75, 3.05) is 0 Å². The summed E-state index contributed by atoms with van der Waals surface area (Å²) in [6.07, 6.45) is 0. The first kappa shape index (κ1) is 16.6. The maximum absolute atomic E-state index is 12.0. The van der Waals surface area contributed by atoms with Gasteiger partial charge in [-0.3, -0.25) is 0 Å². The van der Waals surface area contributed by atoms with Gasteiger partial charge in [-0.05, 0) is 47.2 Å². The van der Waals surface area contributed by atoms with Gasteiger partial charge in [-0.1, -0.05) is 52.0 Å². The molecule has 2 aromatic rings. The normalized spacial score (nSPS) is 11.2. The van der Waals surface area contributed by atoms with E-state index in [0.29, 0.717) is 23.3 Å². The first-order chi connectivity index (χ1) is 10.5. The van der Waals surface area contributed by atoms with Crippen LogP contribution in [0, 0.1) is 0 Å². The smallest absolute Gasteiger partial charge is 0.418 e. The maximum Gasteiger partial charge on any atom is 0.418 e. The van der Waals surface area contributed by atoms with Gasteiger partial charge in [0.25, 0.3) is 0 Å². The molecule has 0 atom stereocenters. The molecule has 0 aliphatic rings. The van der Waals surface area contributed by atoms with Crippen molar-refractivity contribution in [2.45, 2.75) is 39.5 Å². The highest BCUT2D eigenvalue weighted by atomic mass is 31.1. The van der Waals surface area contributed by atoms with E-state index in [1.165, 1.54) is 11.1 Å². The van der Waals surface area contributed by atoms with Crippen molar-refractivity contribution in [3.05, 3.63) is 59.7 Å². The summed E-state index contributed by atoms with van der Waals surface area (Å²) >= 11 is 0. The van der Waals surface area contributed by atoms with Crippen LogP contribution < -0.4 is 9.05 Å². The Balaban J connectivity index is 1.94. The molecule has 22 heavy (non-hydrogen) atoms. The Hall–Kier alpha value is -1.73. The maximum atomic E-state index is 12.0. The Bertz CT molecular complexity index is 560. The fraction of sp³-hybridized carbons (Fsp3) is 0.333. The second kappa shape index (κ2) is 7.51. The van der Waals surface area contributed by atoms with E-state index in [4.69, 9.17) is 9.05 Å². The van der Waals surface area contributed by atoms with Gasteiger partial charge >= 0.3 is 8.25 Å². The highest BCUT2D eigenvalue weighted by Gasteiger charge is 2.06. The molecule has 0 radical (unpaired) electrons. The Morgan fingerprint density at radius 3 is 1.27 bits per heavy atom. The molecule has 3 nitrogen and oxygen atoms in total. The van der Waals surface area contributed by atoms with Gasteiger partial charge in [0.2, 0.25) is 0 Å². The average Bonchev–Trinajstić information content (AvgIpc) is 2.48. The van der Waals surface area contributed by atoms with Gasteiger partial charge in [-0.15, -0.1) is 0 Å². The molecule has 0 bridgehead atoms. The zero-order chi connectivity index (χ0) is 16.1. The van der Waals surface area contributed by atoms with Gasteiger partial charge in [0, 0.05) is 0 Å². The van der Waals surface area contributed by atoms with E-state index >= 15 is 0 Å². The molecule has 0 unspecified atom stereocenters. The summed E-state index contributed by atoms with van der Waals surface area (Å²) in [5.41, 5.74) is 2.44. The van der Waals surface area contributed by atoms with E-state index in [9.17, 15) is 4.57 Å². The lowest BCUT2D eigenvalue weighted by Gasteiger charge is -2.10. The van der Waals surface area contributed by atoms with Crippen LogP contribution in [0.3, 0.4) is 0 Å². The third-order valence-corrected chi connectivity index (χ3v) is 4.30. The van der Waals surface area contributed by atoms with Crippen molar-refractivity contribution in [1.29, 1.82) is 0 Å². The molecule has 0 saturated heterocycles. The van der Waals surface area contributed by atoms with E-state index < -0.39 is 8.25 Å². The molecule has 0 N–H and O–H groups in total. The lowest BCUT2D eigenvalue weighted by Crippen LogP contribution is -1.91. The van der Waals surface area contributed by atoms with Crippen LogP contribution in [0.15, 0.2) is 48.5 Å². The molecule has 118 valence electrons. The highest BCUT2D eigenvalue weighted by molar-refractivity contribution is 7.34. The average molecular weight is 318 g/mol. The number of hydrogen-bond acceptors (Lipinski definition) is 3. The van der Waals surface area contributed by atoms with Crippen molar-refractivity contribution < 1.29 is 13.6 Å². The predicted molar refractivity (Wildman–Crippen MR) is 91.3 cm³/mol. The van der Waals surface area contributed by atoms with Crippen LogP contribution in [0.25, 0.3) is 0 Å². The summed E-state index contributed by atoms with van der Waals surface area (Å²) in [5, 5.41) is 0. The molecule has 2 aromatic carbocycles. The van der Waals surface area contributed by atoms with E-state index in [1.54, 1.807) is 0 Å². The molecule has 0 aliphatic carbocycles. The second-order valence-electron chi connectivity index (χ2n) is 5.90. The molecule has 0 fully saturated rings. The standard InChI is InChI=1S/C18H23O3P/c1-13(2)15-5-9-17(10-6-15)20-22(19)21-18-11-7-16(8-12-18)14(3)4/h5-14,22H,1-4H3. The van der Waals surface area contributed by atoms with Crippen LogP contribution in [-0.4, -0.2) is 0 Å². The lowest BCUT2D eigenvalue weighted by atomic mass is 10.0. The van der Waals surface area contributed by atoms with Gasteiger partial charge in [0.15, 0.2) is 0 Å². The molecule has 0 aliphatic heterocycles. The topological polar surface area (TPSA) is 35.5 Å². The van der Waals surface area contributed by atoms with Crippen molar-refractivity contribution >= 4 is 8.25 Å². The van der Waals surface area contributed by atoms with Crippen LogP contribution in [0.2, 0.25) is 0 Å². The van der Waals surface area contributed by atoms with Gasteiger partial charge < -0.3 is 9.05 Å². The summed E-state index contributed by atoms with van der Waals surface area (Å²) in [7, 11) is -2.61. The SMILES string of the molecule is CC(C)c1ccc(O[PH](=O)Oc2ccc(C(C)C)cc2)cc1.